The van der Waals surface area contributed by atoms with Crippen LogP contribution in [-0.2, 0) is 22.3 Å². The molecule has 0 saturated carbocycles. The van der Waals surface area contributed by atoms with Gasteiger partial charge in [0.15, 0.2) is 0 Å². The number of pyridine rings is 1. The summed E-state index contributed by atoms with van der Waals surface area (Å²) in [5, 5.41) is 10.0. The van der Waals surface area contributed by atoms with Crippen molar-refractivity contribution in [1.82, 2.24) is 14.2 Å². The SMILES string of the molecule is COc1ccccc1-c1cccc(-c2nc(C(=O)N3CCOCC3)cc3c2[C@H](CCO)N([S@@](=O)C(C)(C)C)C3)c1. The van der Waals surface area contributed by atoms with Gasteiger partial charge in [-0.2, -0.15) is 0 Å². The topological polar surface area (TPSA) is 92.2 Å². The Hall–Kier alpha value is -3.11. The Bertz CT molecular complexity index is 1410. The second kappa shape index (κ2) is 11.8. The lowest BCUT2D eigenvalue weighted by atomic mass is 9.94. The van der Waals surface area contributed by atoms with Crippen LogP contribution in [0.4, 0.5) is 0 Å². The summed E-state index contributed by atoms with van der Waals surface area (Å²) in [7, 11) is 0.325. The largest absolute Gasteiger partial charge is 0.496 e. The molecule has 5 rings (SSSR count). The van der Waals surface area contributed by atoms with Crippen molar-refractivity contribution >= 4 is 16.9 Å². The number of methoxy groups -OCH3 is 1. The van der Waals surface area contributed by atoms with Crippen LogP contribution >= 0.6 is 0 Å². The first kappa shape index (κ1) is 28.4. The van der Waals surface area contributed by atoms with E-state index in [1.807, 2.05) is 73.6 Å². The normalized spacial score (nSPS) is 18.4. The molecule has 9 heteroatoms. The zero-order chi connectivity index (χ0) is 28.4. The third-order valence-electron chi connectivity index (χ3n) is 7.36. The van der Waals surface area contributed by atoms with E-state index in [4.69, 9.17) is 14.5 Å². The highest BCUT2D eigenvalue weighted by Gasteiger charge is 2.40. The summed E-state index contributed by atoms with van der Waals surface area (Å²) < 4.78 is 26.2. The smallest absolute Gasteiger partial charge is 0.272 e. The van der Waals surface area contributed by atoms with Crippen molar-refractivity contribution in [3.63, 3.8) is 0 Å². The molecule has 1 N–H and O–H groups in total. The number of ether oxygens (including phenoxy) is 2. The molecule has 1 amide bonds. The molecule has 1 saturated heterocycles. The molecule has 1 fully saturated rings. The fourth-order valence-corrected chi connectivity index (χ4v) is 6.85. The van der Waals surface area contributed by atoms with Gasteiger partial charge in [-0.25, -0.2) is 13.5 Å². The Balaban J connectivity index is 1.67. The first-order valence-electron chi connectivity index (χ1n) is 13.7. The van der Waals surface area contributed by atoms with Gasteiger partial charge in [-0.05, 0) is 56.5 Å². The van der Waals surface area contributed by atoms with Crippen LogP contribution in [0.5, 0.6) is 5.75 Å². The quantitative estimate of drug-likeness (QED) is 0.452. The van der Waals surface area contributed by atoms with E-state index in [0.29, 0.717) is 50.7 Å². The number of benzene rings is 2. The zero-order valence-corrected chi connectivity index (χ0v) is 24.4. The summed E-state index contributed by atoms with van der Waals surface area (Å²) >= 11 is 0. The van der Waals surface area contributed by atoms with E-state index in [0.717, 1.165) is 33.6 Å². The van der Waals surface area contributed by atoms with Crippen LogP contribution < -0.4 is 4.74 Å². The number of aromatic nitrogens is 1. The second-order valence-electron chi connectivity index (χ2n) is 11.1. The maximum absolute atomic E-state index is 13.7. The van der Waals surface area contributed by atoms with Crippen molar-refractivity contribution in [3.05, 3.63) is 71.4 Å². The van der Waals surface area contributed by atoms with Gasteiger partial charge < -0.3 is 19.5 Å². The maximum atomic E-state index is 13.7. The number of aliphatic hydroxyl groups excluding tert-OH is 1. The molecule has 212 valence electrons. The van der Waals surface area contributed by atoms with E-state index >= 15 is 0 Å². The number of hydrogen-bond donors (Lipinski definition) is 1. The third-order valence-corrected chi connectivity index (χ3v) is 9.22. The fraction of sp³-hybridized carbons (Fsp3) is 0.419. The van der Waals surface area contributed by atoms with Crippen molar-refractivity contribution in [1.29, 1.82) is 0 Å². The lowest BCUT2D eigenvalue weighted by Gasteiger charge is -2.30. The molecule has 0 radical (unpaired) electrons. The molecule has 0 spiro atoms. The molecule has 3 aromatic rings. The molecule has 8 nitrogen and oxygen atoms in total. The zero-order valence-electron chi connectivity index (χ0n) is 23.6. The number of rotatable bonds is 7. The van der Waals surface area contributed by atoms with E-state index in [2.05, 4.69) is 6.07 Å². The number of morpholine rings is 1. The van der Waals surface area contributed by atoms with Crippen molar-refractivity contribution in [2.24, 2.45) is 0 Å². The van der Waals surface area contributed by atoms with Crippen LogP contribution in [0.1, 0.15) is 54.8 Å². The highest BCUT2D eigenvalue weighted by Crippen LogP contribution is 2.44. The van der Waals surface area contributed by atoms with Gasteiger partial charge in [-0.1, -0.05) is 36.4 Å². The lowest BCUT2D eigenvalue weighted by Crippen LogP contribution is -2.41. The van der Waals surface area contributed by atoms with E-state index in [-0.39, 0.29) is 18.6 Å². The highest BCUT2D eigenvalue weighted by molar-refractivity contribution is 7.84. The van der Waals surface area contributed by atoms with Gasteiger partial charge in [0, 0.05) is 42.9 Å². The Morgan fingerprint density at radius 3 is 2.52 bits per heavy atom. The fourth-order valence-electron chi connectivity index (χ4n) is 5.44. The van der Waals surface area contributed by atoms with Crippen LogP contribution in [0.2, 0.25) is 0 Å². The molecule has 0 unspecified atom stereocenters. The Morgan fingerprint density at radius 2 is 1.82 bits per heavy atom. The van der Waals surface area contributed by atoms with Gasteiger partial charge >= 0.3 is 0 Å². The van der Waals surface area contributed by atoms with Crippen LogP contribution in [-0.4, -0.2) is 74.2 Å². The minimum absolute atomic E-state index is 0.0584. The van der Waals surface area contributed by atoms with E-state index in [1.54, 1.807) is 12.0 Å². The summed E-state index contributed by atoms with van der Waals surface area (Å²) in [5.74, 6) is 0.626. The number of hydrogen-bond acceptors (Lipinski definition) is 6. The van der Waals surface area contributed by atoms with Gasteiger partial charge in [0.2, 0.25) is 0 Å². The van der Waals surface area contributed by atoms with Gasteiger partial charge in [-0.15, -0.1) is 0 Å². The predicted molar refractivity (Wildman–Crippen MR) is 156 cm³/mol. The molecule has 3 heterocycles. The standard InChI is InChI=1S/C31H37N3O5S/c1-31(2,3)40(37)34-20-23-19-25(30(36)33-13-16-39-17-14-33)32-29(28(23)26(34)12-15-35)22-9-7-8-21(18-22)24-10-5-6-11-27(24)38-4/h5-11,18-19,26,35H,12-17,20H2,1-4H3/t26-,40-/m0/s1. The summed E-state index contributed by atoms with van der Waals surface area (Å²) in [4.78, 5) is 20.4. The molecule has 0 aliphatic carbocycles. The number of carbonyl (C=O) groups is 1. The molecule has 2 aliphatic heterocycles. The van der Waals surface area contributed by atoms with E-state index in [9.17, 15) is 14.1 Å². The first-order chi connectivity index (χ1) is 19.2. The molecule has 1 aromatic heterocycles. The molecule has 2 atom stereocenters. The first-order valence-corrected chi connectivity index (χ1v) is 14.8. The number of carbonyl (C=O) groups excluding carboxylic acids is 1. The molecule has 0 bridgehead atoms. The van der Waals surface area contributed by atoms with Crippen LogP contribution in [0.15, 0.2) is 54.6 Å². The number of nitrogens with zero attached hydrogens (tertiary/aromatic N) is 3. The molecule has 2 aromatic carbocycles. The maximum Gasteiger partial charge on any atom is 0.272 e. The van der Waals surface area contributed by atoms with Crippen molar-refractivity contribution in [2.45, 2.75) is 44.5 Å². The lowest BCUT2D eigenvalue weighted by molar-refractivity contribution is 0.0299. The Kier molecular flexibility index (Phi) is 8.37. The van der Waals surface area contributed by atoms with E-state index in [1.165, 1.54) is 0 Å². The Labute approximate surface area is 238 Å². The van der Waals surface area contributed by atoms with Crippen molar-refractivity contribution < 1.29 is 23.6 Å². The number of fused-ring (bicyclic) bond motifs is 1. The molecule has 2 aliphatic rings. The van der Waals surface area contributed by atoms with Gasteiger partial charge in [0.25, 0.3) is 5.91 Å². The molecular weight excluding hydrogens is 526 g/mol. The van der Waals surface area contributed by atoms with Crippen molar-refractivity contribution in [3.8, 4) is 28.1 Å². The number of amides is 1. The molecular formula is C31H37N3O5S. The Morgan fingerprint density at radius 1 is 1.10 bits per heavy atom. The average molecular weight is 564 g/mol. The molecule has 40 heavy (non-hydrogen) atoms. The third kappa shape index (κ3) is 5.56. The van der Waals surface area contributed by atoms with Crippen molar-refractivity contribution in [2.75, 3.05) is 40.0 Å². The summed E-state index contributed by atoms with van der Waals surface area (Å²) in [6, 6.07) is 17.4. The summed E-state index contributed by atoms with van der Waals surface area (Å²) in [6.45, 7) is 8.24. The average Bonchev–Trinajstić information content (AvgIpc) is 3.34. The van der Waals surface area contributed by atoms with E-state index < -0.39 is 15.7 Å². The second-order valence-corrected chi connectivity index (χ2v) is 13.3. The minimum atomic E-state index is -1.33. The summed E-state index contributed by atoms with van der Waals surface area (Å²) in [6.07, 6.45) is 0.409. The van der Waals surface area contributed by atoms with Crippen LogP contribution in [0.3, 0.4) is 0 Å². The summed E-state index contributed by atoms with van der Waals surface area (Å²) in [5.41, 5.74) is 5.64. The predicted octanol–water partition coefficient (Wildman–Crippen LogP) is 4.60. The number of para-hydroxylation sites is 1. The highest BCUT2D eigenvalue weighted by atomic mass is 32.2. The number of aliphatic hydroxyl groups is 1. The van der Waals surface area contributed by atoms with Gasteiger partial charge in [-0.3, -0.25) is 4.79 Å². The van der Waals surface area contributed by atoms with Gasteiger partial charge in [0.1, 0.15) is 22.4 Å². The minimum Gasteiger partial charge on any atom is -0.496 e. The van der Waals surface area contributed by atoms with Gasteiger partial charge in [0.05, 0.1) is 36.8 Å². The monoisotopic (exact) mass is 563 g/mol. The van der Waals surface area contributed by atoms with Crippen LogP contribution in [0, 0.1) is 0 Å². The van der Waals surface area contributed by atoms with Crippen LogP contribution in [0.25, 0.3) is 22.4 Å².